The Hall–Kier alpha value is 0.766. The molecule has 0 aromatic carbocycles. The summed E-state index contributed by atoms with van der Waals surface area (Å²) in [6, 6.07) is 0. The molecule has 0 aromatic heterocycles. The zero-order chi connectivity index (χ0) is 7.82. The average Bonchev–Trinajstić information content (AvgIpc) is 1.87. The van der Waals surface area contributed by atoms with Crippen LogP contribution in [0, 0.1) is 5.92 Å². The van der Waals surface area contributed by atoms with E-state index in [1.807, 2.05) is 0 Å². The molecule has 0 rings (SSSR count). The molecular weight excluding hydrogens is 132 g/mol. The molecule has 0 spiro atoms. The van der Waals surface area contributed by atoms with E-state index in [1.165, 1.54) is 19.3 Å². The molecular formula is C9H20Mg. The average molecular weight is 153 g/mol. The first-order valence-electron chi connectivity index (χ1n) is 4.77. The summed E-state index contributed by atoms with van der Waals surface area (Å²) in [6.45, 7) is 6.94. The molecule has 0 radical (unpaired) electrons. The van der Waals surface area contributed by atoms with Crippen LogP contribution in [0.15, 0.2) is 0 Å². The maximum Gasteiger partial charge on any atom is 0.364 e. The van der Waals surface area contributed by atoms with Gasteiger partial charge in [-0.1, -0.05) is 40.0 Å². The van der Waals surface area contributed by atoms with Gasteiger partial charge in [-0.05, 0) is 5.92 Å². The van der Waals surface area contributed by atoms with Crippen LogP contribution in [-0.2, 0) is 0 Å². The van der Waals surface area contributed by atoms with Crippen molar-refractivity contribution >= 4 is 20.4 Å². The molecule has 58 valence electrons. The van der Waals surface area contributed by atoms with Crippen molar-refractivity contribution in [2.75, 3.05) is 0 Å². The predicted octanol–water partition coefficient (Wildman–Crippen LogP) is 3.37. The van der Waals surface area contributed by atoms with Gasteiger partial charge in [0.2, 0.25) is 0 Å². The molecule has 0 bridgehead atoms. The van der Waals surface area contributed by atoms with Crippen LogP contribution >= 0.6 is 0 Å². The predicted molar refractivity (Wildman–Crippen MR) is 49.7 cm³/mol. The summed E-state index contributed by atoms with van der Waals surface area (Å²) in [6.07, 6.45) is 4.38. The van der Waals surface area contributed by atoms with Crippen LogP contribution in [-0.4, -0.2) is 20.4 Å². The van der Waals surface area contributed by atoms with E-state index in [0.717, 1.165) is 5.92 Å². The second kappa shape index (κ2) is 7.87. The van der Waals surface area contributed by atoms with E-state index in [9.17, 15) is 0 Å². The molecule has 10 heavy (non-hydrogen) atoms. The molecule has 1 heteroatoms. The Bertz CT molecular complexity index is 59.7. The molecule has 0 N–H and O–H groups in total. The molecule has 0 aliphatic carbocycles. The van der Waals surface area contributed by atoms with E-state index in [4.69, 9.17) is 0 Å². The van der Waals surface area contributed by atoms with Crippen molar-refractivity contribution in [3.8, 4) is 0 Å². The lowest BCUT2D eigenvalue weighted by atomic mass is 10.1. The molecule has 0 nitrogen and oxygen atoms in total. The van der Waals surface area contributed by atoms with Gasteiger partial charge in [-0.25, -0.2) is 0 Å². The van der Waals surface area contributed by atoms with E-state index >= 15 is 0 Å². The monoisotopic (exact) mass is 152 g/mol. The highest BCUT2D eigenvalue weighted by molar-refractivity contribution is 6.35. The van der Waals surface area contributed by atoms with Gasteiger partial charge in [0.15, 0.2) is 0 Å². The first-order valence-corrected chi connectivity index (χ1v) is 6.77. The minimum absolute atomic E-state index is 0.368. The Kier molecular flexibility index (Phi) is 8.47. The van der Waals surface area contributed by atoms with E-state index in [0.29, 0.717) is 20.4 Å². The van der Waals surface area contributed by atoms with Crippen LogP contribution in [0.5, 0.6) is 0 Å². The van der Waals surface area contributed by atoms with Crippen molar-refractivity contribution in [2.24, 2.45) is 5.92 Å². The van der Waals surface area contributed by atoms with Gasteiger partial charge in [0, 0.05) is 0 Å². The Morgan fingerprint density at radius 3 is 2.40 bits per heavy atom. The third-order valence-electron chi connectivity index (χ3n) is 1.89. The lowest BCUT2D eigenvalue weighted by Gasteiger charge is -2.01. The minimum atomic E-state index is 0.368. The Morgan fingerprint density at radius 1 is 1.20 bits per heavy atom. The highest BCUT2D eigenvalue weighted by atomic mass is 24.5. The highest BCUT2D eigenvalue weighted by Gasteiger charge is 1.95. The molecule has 0 saturated carbocycles. The second-order valence-electron chi connectivity index (χ2n) is 3.60. The van der Waals surface area contributed by atoms with Crippen LogP contribution in [0.2, 0.25) is 9.10 Å². The number of hydrogen-bond acceptors (Lipinski definition) is 0. The zero-order valence-corrected chi connectivity index (χ0v) is 9.23. The summed E-state index contributed by atoms with van der Waals surface area (Å²) in [5.41, 5.74) is 0. The Morgan fingerprint density at radius 2 is 1.90 bits per heavy atom. The van der Waals surface area contributed by atoms with Crippen LogP contribution in [0.3, 0.4) is 0 Å². The summed E-state index contributed by atoms with van der Waals surface area (Å²) in [4.78, 5) is 0. The normalized spacial score (nSPS) is 10.0. The van der Waals surface area contributed by atoms with Crippen LogP contribution in [0.1, 0.15) is 40.0 Å². The third-order valence-corrected chi connectivity index (χ3v) is 4.09. The molecule has 0 aliphatic rings. The minimum Gasteiger partial charge on any atom is -0.146 e. The summed E-state index contributed by atoms with van der Waals surface area (Å²) in [5.74, 6) is 0.927. The van der Waals surface area contributed by atoms with Gasteiger partial charge in [0.05, 0.1) is 0 Å². The SMILES string of the molecule is CC[CH2][Mg][CH2]CCC(C)C. The number of hydrogen-bond donors (Lipinski definition) is 0. The van der Waals surface area contributed by atoms with Crippen molar-refractivity contribution in [1.82, 2.24) is 0 Å². The maximum absolute atomic E-state index is 2.32. The third kappa shape index (κ3) is 8.77. The Labute approximate surface area is 75.5 Å². The quantitative estimate of drug-likeness (QED) is 0.404. The van der Waals surface area contributed by atoms with Gasteiger partial charge >= 0.3 is 20.4 Å². The number of rotatable bonds is 6. The topological polar surface area (TPSA) is 0 Å². The second-order valence-corrected chi connectivity index (χ2v) is 5.72. The van der Waals surface area contributed by atoms with Crippen molar-refractivity contribution in [3.63, 3.8) is 0 Å². The molecule has 0 aliphatic heterocycles. The van der Waals surface area contributed by atoms with Crippen molar-refractivity contribution in [2.45, 2.75) is 49.1 Å². The van der Waals surface area contributed by atoms with E-state index in [-0.39, 0.29) is 0 Å². The largest absolute Gasteiger partial charge is 0.364 e. The van der Waals surface area contributed by atoms with E-state index in [2.05, 4.69) is 20.8 Å². The zero-order valence-electron chi connectivity index (χ0n) is 7.82. The molecule has 0 fully saturated rings. The van der Waals surface area contributed by atoms with E-state index < -0.39 is 0 Å². The summed E-state index contributed by atoms with van der Waals surface area (Å²) < 4.78 is 3.16. The molecule has 0 unspecified atom stereocenters. The van der Waals surface area contributed by atoms with Gasteiger partial charge in [-0.15, -0.1) is 9.10 Å². The van der Waals surface area contributed by atoms with Gasteiger partial charge < -0.3 is 0 Å². The van der Waals surface area contributed by atoms with Crippen LogP contribution < -0.4 is 0 Å². The smallest absolute Gasteiger partial charge is 0.146 e. The molecule has 0 atom stereocenters. The lowest BCUT2D eigenvalue weighted by molar-refractivity contribution is 0.575. The summed E-state index contributed by atoms with van der Waals surface area (Å²) in [7, 11) is 0. The van der Waals surface area contributed by atoms with Crippen molar-refractivity contribution < 1.29 is 0 Å². The van der Waals surface area contributed by atoms with E-state index in [1.54, 1.807) is 9.10 Å². The van der Waals surface area contributed by atoms with Gasteiger partial charge in [-0.2, -0.15) is 0 Å². The van der Waals surface area contributed by atoms with Gasteiger partial charge in [0.1, 0.15) is 0 Å². The highest BCUT2D eigenvalue weighted by Crippen LogP contribution is 2.06. The molecule has 0 heterocycles. The Balaban J connectivity index is 2.77. The summed E-state index contributed by atoms with van der Waals surface area (Å²) in [5, 5.41) is 0. The lowest BCUT2D eigenvalue weighted by Crippen LogP contribution is -1.91. The van der Waals surface area contributed by atoms with Gasteiger partial charge in [0.25, 0.3) is 0 Å². The van der Waals surface area contributed by atoms with Crippen molar-refractivity contribution in [3.05, 3.63) is 0 Å². The van der Waals surface area contributed by atoms with Crippen LogP contribution in [0.25, 0.3) is 0 Å². The molecule has 0 saturated heterocycles. The first kappa shape index (κ1) is 10.8. The van der Waals surface area contributed by atoms with Crippen molar-refractivity contribution in [1.29, 1.82) is 0 Å². The molecule has 0 aromatic rings. The fourth-order valence-corrected chi connectivity index (χ4v) is 2.65. The first-order chi connectivity index (χ1) is 4.77. The van der Waals surface area contributed by atoms with Crippen LogP contribution in [0.4, 0.5) is 0 Å². The summed E-state index contributed by atoms with van der Waals surface area (Å²) >= 11 is 0.368. The standard InChI is InChI=1S/C6H13.C3H7.Mg/c1-4-5-6(2)3;1-3-2;/h6H,1,4-5H2,2-3H3;1,3H2,2H3;. The fourth-order valence-electron chi connectivity index (χ4n) is 1.16. The van der Waals surface area contributed by atoms with Gasteiger partial charge in [-0.3, -0.25) is 0 Å². The maximum atomic E-state index is 2.32. The fraction of sp³-hybridized carbons (Fsp3) is 1.00. The molecule has 0 amide bonds.